The van der Waals surface area contributed by atoms with E-state index in [1.165, 1.54) is 56.7 Å². The first kappa shape index (κ1) is 28.7. The summed E-state index contributed by atoms with van der Waals surface area (Å²) in [5.74, 6) is -2.50. The minimum atomic E-state index is -1.24. The van der Waals surface area contributed by atoms with Gasteiger partial charge in [-0.15, -0.1) is 0 Å². The van der Waals surface area contributed by atoms with E-state index in [0.717, 1.165) is 50.4 Å². The monoisotopic (exact) mass is 530 g/mol. The Labute approximate surface area is 225 Å². The molecule has 5 heteroatoms. The van der Waals surface area contributed by atoms with Crippen LogP contribution in [0.3, 0.4) is 0 Å². The molecular weight excluding hydrogens is 488 g/mol. The van der Waals surface area contributed by atoms with Gasteiger partial charge in [-0.05, 0) is 112 Å². The van der Waals surface area contributed by atoms with E-state index in [4.69, 9.17) is 4.74 Å². The smallest absolute Gasteiger partial charge is 0.201 e. The molecule has 2 fully saturated rings. The molecule has 2 aromatic carbocycles. The van der Waals surface area contributed by atoms with Gasteiger partial charge in [0.05, 0.1) is 6.61 Å². The Hall–Kier alpha value is -2.30. The van der Waals surface area contributed by atoms with Crippen molar-refractivity contribution in [1.82, 2.24) is 0 Å². The standard InChI is InChI=1S/C33H42F4O/c1-3-7-22-10-12-23(13-11-22)8-5-6-9-24-14-16-25(17-15-24)26-18-19-27(31(35)30(26)34)28-20-21-29(38-4-2)33(37)32(28)36/h5,8,18-25H,3-4,6-7,9-17H2,1-2H3/b8-5+. The van der Waals surface area contributed by atoms with Crippen LogP contribution in [0.1, 0.15) is 102 Å². The largest absolute Gasteiger partial charge is 0.491 e. The summed E-state index contributed by atoms with van der Waals surface area (Å²) in [7, 11) is 0. The van der Waals surface area contributed by atoms with Gasteiger partial charge >= 0.3 is 0 Å². The maximum atomic E-state index is 15.1. The molecule has 2 aliphatic carbocycles. The molecule has 0 N–H and O–H groups in total. The highest BCUT2D eigenvalue weighted by Gasteiger charge is 2.27. The molecule has 2 aromatic rings. The normalized spacial score (nSPS) is 24.2. The lowest BCUT2D eigenvalue weighted by atomic mass is 9.76. The molecule has 0 atom stereocenters. The number of ether oxygens (including phenoxy) is 1. The van der Waals surface area contributed by atoms with Crippen LogP contribution in [0.15, 0.2) is 36.4 Å². The molecule has 0 spiro atoms. The maximum Gasteiger partial charge on any atom is 0.201 e. The van der Waals surface area contributed by atoms with Crippen molar-refractivity contribution < 1.29 is 22.3 Å². The number of halogens is 4. The van der Waals surface area contributed by atoms with E-state index >= 15 is 8.78 Å². The summed E-state index contributed by atoms with van der Waals surface area (Å²) < 4.78 is 64.1. The lowest BCUT2D eigenvalue weighted by molar-refractivity contribution is 0.293. The van der Waals surface area contributed by atoms with Gasteiger partial charge in [0.2, 0.25) is 5.82 Å². The molecule has 2 aliphatic rings. The van der Waals surface area contributed by atoms with Crippen molar-refractivity contribution >= 4 is 0 Å². The minimum Gasteiger partial charge on any atom is -0.491 e. The minimum absolute atomic E-state index is 0.0504. The Morgan fingerprint density at radius 2 is 1.32 bits per heavy atom. The second-order valence-electron chi connectivity index (χ2n) is 11.3. The first-order valence-electron chi connectivity index (χ1n) is 14.7. The third-order valence-electron chi connectivity index (χ3n) is 8.77. The lowest BCUT2D eigenvalue weighted by Gasteiger charge is -2.29. The van der Waals surface area contributed by atoms with Crippen LogP contribution < -0.4 is 4.74 Å². The van der Waals surface area contributed by atoms with Gasteiger partial charge in [0.15, 0.2) is 23.2 Å². The van der Waals surface area contributed by atoms with Gasteiger partial charge in [-0.3, -0.25) is 0 Å². The summed E-state index contributed by atoms with van der Waals surface area (Å²) in [6.45, 7) is 4.11. The highest BCUT2D eigenvalue weighted by molar-refractivity contribution is 5.66. The highest BCUT2D eigenvalue weighted by atomic mass is 19.2. The Morgan fingerprint density at radius 1 is 0.711 bits per heavy atom. The summed E-state index contributed by atoms with van der Waals surface area (Å²) in [6.07, 6.45) is 18.7. The average molecular weight is 531 g/mol. The number of rotatable bonds is 10. The van der Waals surface area contributed by atoms with E-state index in [1.807, 2.05) is 0 Å². The zero-order valence-electron chi connectivity index (χ0n) is 22.9. The first-order valence-corrected chi connectivity index (χ1v) is 14.7. The Bertz CT molecular complexity index is 1080. The Balaban J connectivity index is 1.29. The molecule has 4 rings (SSSR count). The Morgan fingerprint density at radius 3 is 1.97 bits per heavy atom. The van der Waals surface area contributed by atoms with Crippen molar-refractivity contribution in [2.24, 2.45) is 17.8 Å². The molecule has 38 heavy (non-hydrogen) atoms. The molecule has 0 saturated heterocycles. The quantitative estimate of drug-likeness (QED) is 0.219. The molecule has 208 valence electrons. The summed E-state index contributed by atoms with van der Waals surface area (Å²) in [5.41, 5.74) is -0.236. The van der Waals surface area contributed by atoms with E-state index in [9.17, 15) is 8.78 Å². The van der Waals surface area contributed by atoms with E-state index in [-0.39, 0.29) is 29.4 Å². The fourth-order valence-corrected chi connectivity index (χ4v) is 6.55. The summed E-state index contributed by atoms with van der Waals surface area (Å²) in [6, 6.07) is 5.40. The summed E-state index contributed by atoms with van der Waals surface area (Å²) >= 11 is 0. The van der Waals surface area contributed by atoms with Crippen molar-refractivity contribution in [1.29, 1.82) is 0 Å². The molecule has 0 heterocycles. The summed E-state index contributed by atoms with van der Waals surface area (Å²) in [4.78, 5) is 0. The highest BCUT2D eigenvalue weighted by Crippen LogP contribution is 2.41. The number of hydrogen-bond acceptors (Lipinski definition) is 1. The average Bonchev–Trinajstić information content (AvgIpc) is 2.93. The molecule has 0 radical (unpaired) electrons. The van der Waals surface area contributed by atoms with Crippen LogP contribution in [0, 0.1) is 41.0 Å². The molecular formula is C33H42F4O. The van der Waals surface area contributed by atoms with Gasteiger partial charge in [0.25, 0.3) is 0 Å². The van der Waals surface area contributed by atoms with Crippen molar-refractivity contribution in [3.05, 3.63) is 65.2 Å². The van der Waals surface area contributed by atoms with Crippen molar-refractivity contribution in [3.8, 4) is 16.9 Å². The lowest BCUT2D eigenvalue weighted by Crippen LogP contribution is -2.15. The zero-order chi connectivity index (χ0) is 27.1. The van der Waals surface area contributed by atoms with Crippen LogP contribution in [0.25, 0.3) is 11.1 Å². The van der Waals surface area contributed by atoms with Crippen molar-refractivity contribution in [3.63, 3.8) is 0 Å². The van der Waals surface area contributed by atoms with E-state index in [1.54, 1.807) is 13.0 Å². The van der Waals surface area contributed by atoms with Gasteiger partial charge in [-0.25, -0.2) is 13.2 Å². The van der Waals surface area contributed by atoms with Crippen LogP contribution in [0.2, 0.25) is 0 Å². The van der Waals surface area contributed by atoms with Crippen LogP contribution in [0.5, 0.6) is 5.75 Å². The first-order chi connectivity index (χ1) is 18.4. The SMILES string of the molecule is CCCC1CCC(/C=C/CCC2CCC(c3ccc(-c4ccc(OCC)c(F)c4F)c(F)c3F)CC2)CC1. The number of benzene rings is 2. The number of allylic oxidation sites excluding steroid dienone is 2. The van der Waals surface area contributed by atoms with Gasteiger partial charge in [0, 0.05) is 11.1 Å². The second-order valence-corrected chi connectivity index (χ2v) is 11.3. The van der Waals surface area contributed by atoms with Gasteiger partial charge in [-0.1, -0.05) is 44.1 Å². The molecule has 0 aliphatic heterocycles. The molecule has 0 unspecified atom stereocenters. The predicted octanol–water partition coefficient (Wildman–Crippen LogP) is 10.5. The van der Waals surface area contributed by atoms with E-state index < -0.39 is 23.3 Å². The van der Waals surface area contributed by atoms with Gasteiger partial charge in [-0.2, -0.15) is 4.39 Å². The van der Waals surface area contributed by atoms with Crippen molar-refractivity contribution in [2.45, 2.75) is 96.8 Å². The second kappa shape index (κ2) is 13.7. The Kier molecular flexibility index (Phi) is 10.3. The van der Waals surface area contributed by atoms with Crippen molar-refractivity contribution in [2.75, 3.05) is 6.61 Å². The van der Waals surface area contributed by atoms with E-state index in [2.05, 4.69) is 19.1 Å². The molecule has 2 saturated carbocycles. The number of hydrogen-bond donors (Lipinski definition) is 0. The van der Waals surface area contributed by atoms with Crippen LogP contribution in [-0.4, -0.2) is 6.61 Å². The molecule has 0 amide bonds. The molecule has 1 nitrogen and oxygen atoms in total. The zero-order valence-corrected chi connectivity index (χ0v) is 22.9. The van der Waals surface area contributed by atoms with Crippen LogP contribution in [-0.2, 0) is 0 Å². The van der Waals surface area contributed by atoms with Crippen LogP contribution >= 0.6 is 0 Å². The van der Waals surface area contributed by atoms with Crippen LogP contribution in [0.4, 0.5) is 17.6 Å². The third-order valence-corrected chi connectivity index (χ3v) is 8.77. The predicted molar refractivity (Wildman–Crippen MR) is 146 cm³/mol. The fourth-order valence-electron chi connectivity index (χ4n) is 6.55. The maximum absolute atomic E-state index is 15.1. The third kappa shape index (κ3) is 6.82. The van der Waals surface area contributed by atoms with Gasteiger partial charge < -0.3 is 4.74 Å². The van der Waals surface area contributed by atoms with E-state index in [0.29, 0.717) is 11.5 Å². The topological polar surface area (TPSA) is 9.23 Å². The fraction of sp³-hybridized carbons (Fsp3) is 0.576. The van der Waals surface area contributed by atoms with Gasteiger partial charge in [0.1, 0.15) is 0 Å². The summed E-state index contributed by atoms with van der Waals surface area (Å²) in [5, 5.41) is 0. The molecule has 0 aromatic heterocycles. The molecule has 0 bridgehead atoms.